The molecule has 5 nitrogen and oxygen atoms in total. The standard InChI is InChI=1S/C10H15N3O2/c1-12-6-5-7(11-12)10(15)13(2)8-3-4-9(8)14/h5-6,8-9,14H,3-4H2,1-2H3/t8-,9-/m1/s1. The molecule has 1 aliphatic rings. The number of aryl methyl sites for hydroxylation is 1. The summed E-state index contributed by atoms with van der Waals surface area (Å²) in [5.74, 6) is -0.126. The van der Waals surface area contributed by atoms with Gasteiger partial charge in [-0.3, -0.25) is 9.48 Å². The van der Waals surface area contributed by atoms with Crippen molar-refractivity contribution in [2.75, 3.05) is 7.05 Å². The molecule has 0 saturated heterocycles. The number of amides is 1. The van der Waals surface area contributed by atoms with Gasteiger partial charge in [-0.25, -0.2) is 0 Å². The summed E-state index contributed by atoms with van der Waals surface area (Å²) in [6.07, 6.45) is 3.02. The van der Waals surface area contributed by atoms with Crippen molar-refractivity contribution < 1.29 is 9.90 Å². The summed E-state index contributed by atoms with van der Waals surface area (Å²) in [6, 6.07) is 1.64. The van der Waals surface area contributed by atoms with Crippen LogP contribution in [0.15, 0.2) is 12.3 Å². The molecule has 1 N–H and O–H groups in total. The molecule has 1 aromatic rings. The highest BCUT2D eigenvalue weighted by Crippen LogP contribution is 2.25. The zero-order chi connectivity index (χ0) is 11.0. The molecule has 1 aromatic heterocycles. The minimum Gasteiger partial charge on any atom is -0.391 e. The Morgan fingerprint density at radius 2 is 2.40 bits per heavy atom. The summed E-state index contributed by atoms with van der Waals surface area (Å²) in [7, 11) is 3.49. The van der Waals surface area contributed by atoms with Crippen LogP contribution in [0.2, 0.25) is 0 Å². The number of carbonyl (C=O) groups is 1. The van der Waals surface area contributed by atoms with Gasteiger partial charge in [0.15, 0.2) is 0 Å². The van der Waals surface area contributed by atoms with Crippen molar-refractivity contribution in [3.63, 3.8) is 0 Å². The lowest BCUT2D eigenvalue weighted by molar-refractivity contribution is -0.00518. The van der Waals surface area contributed by atoms with E-state index < -0.39 is 0 Å². The maximum Gasteiger partial charge on any atom is 0.274 e. The van der Waals surface area contributed by atoms with E-state index in [1.165, 1.54) is 0 Å². The Morgan fingerprint density at radius 1 is 1.67 bits per heavy atom. The Hall–Kier alpha value is -1.36. The number of rotatable bonds is 2. The minimum atomic E-state index is -0.373. The first-order chi connectivity index (χ1) is 7.09. The van der Waals surface area contributed by atoms with Crippen molar-refractivity contribution >= 4 is 5.91 Å². The van der Waals surface area contributed by atoms with Crippen LogP contribution in [0, 0.1) is 0 Å². The second-order valence-corrected chi connectivity index (χ2v) is 4.00. The normalized spacial score (nSPS) is 24.7. The van der Waals surface area contributed by atoms with Gasteiger partial charge in [0, 0.05) is 20.3 Å². The lowest BCUT2D eigenvalue weighted by atomic mass is 9.88. The van der Waals surface area contributed by atoms with Crippen molar-refractivity contribution in [1.82, 2.24) is 14.7 Å². The van der Waals surface area contributed by atoms with Crippen molar-refractivity contribution in [3.05, 3.63) is 18.0 Å². The molecule has 5 heteroatoms. The van der Waals surface area contributed by atoms with Crippen LogP contribution >= 0.6 is 0 Å². The Morgan fingerprint density at radius 3 is 2.80 bits per heavy atom. The van der Waals surface area contributed by atoms with Crippen LogP contribution in [0.5, 0.6) is 0 Å². The predicted octanol–water partition coefficient (Wildman–Crippen LogP) is 0.0154. The van der Waals surface area contributed by atoms with E-state index in [0.717, 1.165) is 12.8 Å². The summed E-state index contributed by atoms with van der Waals surface area (Å²) >= 11 is 0. The monoisotopic (exact) mass is 209 g/mol. The lowest BCUT2D eigenvalue weighted by Crippen LogP contribution is -2.51. The molecule has 1 fully saturated rings. The van der Waals surface area contributed by atoms with Crippen molar-refractivity contribution in [2.45, 2.75) is 25.0 Å². The first-order valence-corrected chi connectivity index (χ1v) is 5.04. The van der Waals surface area contributed by atoms with Gasteiger partial charge in [0.2, 0.25) is 0 Å². The fraction of sp³-hybridized carbons (Fsp3) is 0.600. The summed E-state index contributed by atoms with van der Waals surface area (Å²) in [5.41, 5.74) is 0.430. The molecule has 0 unspecified atom stereocenters. The minimum absolute atomic E-state index is 0.0421. The van der Waals surface area contributed by atoms with Gasteiger partial charge < -0.3 is 10.0 Å². The van der Waals surface area contributed by atoms with E-state index in [2.05, 4.69) is 5.10 Å². The zero-order valence-corrected chi connectivity index (χ0v) is 8.92. The molecule has 1 heterocycles. The van der Waals surface area contributed by atoms with Crippen molar-refractivity contribution in [2.24, 2.45) is 7.05 Å². The van der Waals surface area contributed by atoms with Crippen LogP contribution in [0.25, 0.3) is 0 Å². The van der Waals surface area contributed by atoms with Gasteiger partial charge in [0.25, 0.3) is 5.91 Å². The van der Waals surface area contributed by atoms with E-state index in [4.69, 9.17) is 0 Å². The molecule has 82 valence electrons. The van der Waals surface area contributed by atoms with E-state index in [9.17, 15) is 9.90 Å². The third kappa shape index (κ3) is 1.74. The molecule has 2 rings (SSSR count). The Kier molecular flexibility index (Phi) is 2.48. The first kappa shape index (κ1) is 10.2. The third-order valence-corrected chi connectivity index (χ3v) is 2.95. The number of hydrogen-bond acceptors (Lipinski definition) is 3. The lowest BCUT2D eigenvalue weighted by Gasteiger charge is -2.39. The van der Waals surface area contributed by atoms with Crippen LogP contribution in [0.3, 0.4) is 0 Å². The average molecular weight is 209 g/mol. The van der Waals surface area contributed by atoms with Gasteiger partial charge in [0.05, 0.1) is 12.1 Å². The van der Waals surface area contributed by atoms with Crippen LogP contribution in [0.1, 0.15) is 23.3 Å². The largest absolute Gasteiger partial charge is 0.391 e. The summed E-state index contributed by atoms with van der Waals surface area (Å²) in [4.78, 5) is 13.5. The molecular formula is C10H15N3O2. The molecule has 0 aliphatic heterocycles. The van der Waals surface area contributed by atoms with E-state index in [1.807, 2.05) is 0 Å². The van der Waals surface area contributed by atoms with Crippen LogP contribution in [-0.2, 0) is 7.05 Å². The number of nitrogens with zero attached hydrogens (tertiary/aromatic N) is 3. The number of hydrogen-bond donors (Lipinski definition) is 1. The Bertz CT molecular complexity index is 374. The Balaban J connectivity index is 2.07. The van der Waals surface area contributed by atoms with Gasteiger partial charge in [0.1, 0.15) is 5.69 Å². The third-order valence-electron chi connectivity index (χ3n) is 2.95. The highest BCUT2D eigenvalue weighted by molar-refractivity contribution is 5.92. The number of aliphatic hydroxyl groups is 1. The van der Waals surface area contributed by atoms with E-state index in [0.29, 0.717) is 5.69 Å². The zero-order valence-electron chi connectivity index (χ0n) is 8.92. The molecule has 1 amide bonds. The van der Waals surface area contributed by atoms with Crippen molar-refractivity contribution in [3.8, 4) is 0 Å². The van der Waals surface area contributed by atoms with Gasteiger partial charge >= 0.3 is 0 Å². The molecule has 1 saturated carbocycles. The summed E-state index contributed by atoms with van der Waals surface area (Å²) in [5, 5.41) is 13.5. The maximum absolute atomic E-state index is 11.9. The first-order valence-electron chi connectivity index (χ1n) is 5.04. The quantitative estimate of drug-likeness (QED) is 0.746. The fourth-order valence-corrected chi connectivity index (χ4v) is 1.78. The van der Waals surface area contributed by atoms with Crippen LogP contribution < -0.4 is 0 Å². The topological polar surface area (TPSA) is 58.4 Å². The van der Waals surface area contributed by atoms with E-state index in [-0.39, 0.29) is 18.1 Å². The number of aliphatic hydroxyl groups excluding tert-OH is 1. The fourth-order valence-electron chi connectivity index (χ4n) is 1.78. The number of aromatic nitrogens is 2. The SMILES string of the molecule is CN(C(=O)c1ccn(C)n1)[C@@H]1CC[C@H]1O. The van der Waals surface area contributed by atoms with Gasteiger partial charge in [-0.1, -0.05) is 0 Å². The highest BCUT2D eigenvalue weighted by Gasteiger charge is 2.35. The molecule has 2 atom stereocenters. The van der Waals surface area contributed by atoms with E-state index >= 15 is 0 Å². The Labute approximate surface area is 88.3 Å². The van der Waals surface area contributed by atoms with E-state index in [1.54, 1.807) is 35.9 Å². The smallest absolute Gasteiger partial charge is 0.274 e. The number of likely N-dealkylation sites (N-methyl/N-ethyl adjacent to an activating group) is 1. The molecule has 0 radical (unpaired) electrons. The summed E-state index contributed by atoms with van der Waals surface area (Å²) < 4.78 is 1.60. The van der Waals surface area contributed by atoms with Gasteiger partial charge in [-0.15, -0.1) is 0 Å². The second kappa shape index (κ2) is 3.66. The molecule has 1 aliphatic carbocycles. The second-order valence-electron chi connectivity index (χ2n) is 4.00. The van der Waals surface area contributed by atoms with Crippen LogP contribution in [-0.4, -0.2) is 44.9 Å². The molecule has 0 bridgehead atoms. The molecule has 0 spiro atoms. The molecule has 15 heavy (non-hydrogen) atoms. The van der Waals surface area contributed by atoms with Crippen LogP contribution in [0.4, 0.5) is 0 Å². The van der Waals surface area contributed by atoms with Gasteiger partial charge in [-0.2, -0.15) is 5.10 Å². The maximum atomic E-state index is 11.9. The van der Waals surface area contributed by atoms with Crippen molar-refractivity contribution in [1.29, 1.82) is 0 Å². The predicted molar refractivity (Wildman–Crippen MR) is 54.3 cm³/mol. The molecular weight excluding hydrogens is 194 g/mol. The summed E-state index contributed by atoms with van der Waals surface area (Å²) in [6.45, 7) is 0. The average Bonchev–Trinajstić information content (AvgIpc) is 2.61. The molecule has 0 aromatic carbocycles. The highest BCUT2D eigenvalue weighted by atomic mass is 16.3. The number of carbonyl (C=O) groups excluding carboxylic acids is 1. The van der Waals surface area contributed by atoms with Gasteiger partial charge in [-0.05, 0) is 18.9 Å².